The number of piperidine rings is 1. The van der Waals surface area contributed by atoms with Crippen LogP contribution in [0.4, 0.5) is 17.3 Å². The van der Waals surface area contributed by atoms with Crippen LogP contribution in [0.3, 0.4) is 0 Å². The van der Waals surface area contributed by atoms with Crippen molar-refractivity contribution in [1.82, 2.24) is 19.9 Å². The minimum Gasteiger partial charge on any atom is -0.478 e. The summed E-state index contributed by atoms with van der Waals surface area (Å²) in [7, 11) is 2.13. The number of aromatic nitrogens is 3. The lowest BCUT2D eigenvalue weighted by Crippen LogP contribution is -2.61. The average molecular weight is 409 g/mol. The summed E-state index contributed by atoms with van der Waals surface area (Å²) in [4.78, 5) is 26.4. The summed E-state index contributed by atoms with van der Waals surface area (Å²) in [5, 5.41) is 24.9. The number of carboxylic acid groups (broad SMARTS) is 1. The van der Waals surface area contributed by atoms with Gasteiger partial charge in [0.15, 0.2) is 5.69 Å². The van der Waals surface area contributed by atoms with E-state index < -0.39 is 5.97 Å². The topological polar surface area (TPSA) is 127 Å². The van der Waals surface area contributed by atoms with Crippen molar-refractivity contribution < 1.29 is 9.90 Å². The normalized spacial score (nSPS) is 18.4. The second-order valence-corrected chi connectivity index (χ2v) is 8.88. The molecule has 3 heterocycles. The largest absolute Gasteiger partial charge is 0.478 e. The summed E-state index contributed by atoms with van der Waals surface area (Å²) in [5.74, 6) is -0.189. The summed E-state index contributed by atoms with van der Waals surface area (Å²) in [6.45, 7) is 8.79. The van der Waals surface area contributed by atoms with Crippen LogP contribution < -0.4 is 10.6 Å². The standard InChI is InChI=1S/C21H27N7O2/c1-20(2)7-13(8-21(3,4)28(20)5)26-16-6-17(25-11-15(16)19(29)30)27-18-12-23-14(9-22)10-24-18/h6,10-13H,7-8H2,1-5H3,(H,29,30)(H2,24,25,26,27). The third-order valence-corrected chi connectivity index (χ3v) is 5.82. The zero-order valence-electron chi connectivity index (χ0n) is 17.9. The predicted octanol–water partition coefficient (Wildman–Crippen LogP) is 3.25. The lowest BCUT2D eigenvalue weighted by Gasteiger charge is -2.54. The third-order valence-electron chi connectivity index (χ3n) is 5.82. The predicted molar refractivity (Wildman–Crippen MR) is 114 cm³/mol. The van der Waals surface area contributed by atoms with Gasteiger partial charge in [0, 0.05) is 29.4 Å². The summed E-state index contributed by atoms with van der Waals surface area (Å²) in [5.41, 5.74) is 0.762. The maximum Gasteiger partial charge on any atom is 0.339 e. The SMILES string of the molecule is CN1C(C)(C)CC(Nc2cc(Nc3cnc(C#N)cn3)ncc2C(=O)O)CC1(C)C. The molecule has 0 radical (unpaired) electrons. The number of hydrogen-bond donors (Lipinski definition) is 3. The average Bonchev–Trinajstić information content (AvgIpc) is 2.66. The van der Waals surface area contributed by atoms with Gasteiger partial charge in [0.2, 0.25) is 0 Å². The quantitative estimate of drug-likeness (QED) is 0.682. The third kappa shape index (κ3) is 4.49. The Morgan fingerprint density at radius 3 is 2.30 bits per heavy atom. The van der Waals surface area contributed by atoms with Gasteiger partial charge in [0.25, 0.3) is 0 Å². The number of aromatic carboxylic acids is 1. The number of nitriles is 1. The first-order valence-electron chi connectivity index (χ1n) is 9.75. The van der Waals surface area contributed by atoms with Crippen molar-refractivity contribution in [2.75, 3.05) is 17.7 Å². The molecule has 1 fully saturated rings. The van der Waals surface area contributed by atoms with Crippen LogP contribution in [0.1, 0.15) is 56.6 Å². The van der Waals surface area contributed by atoms with Crippen molar-refractivity contribution in [2.45, 2.75) is 57.7 Å². The van der Waals surface area contributed by atoms with Crippen LogP contribution in [0.15, 0.2) is 24.7 Å². The Labute approximate surface area is 176 Å². The summed E-state index contributed by atoms with van der Waals surface area (Å²) >= 11 is 0. The molecule has 0 saturated carbocycles. The van der Waals surface area contributed by atoms with Crippen LogP contribution >= 0.6 is 0 Å². The number of carboxylic acids is 1. The molecular formula is C21H27N7O2. The van der Waals surface area contributed by atoms with Gasteiger partial charge in [0.05, 0.1) is 18.1 Å². The molecule has 0 atom stereocenters. The van der Waals surface area contributed by atoms with E-state index in [0.717, 1.165) is 12.8 Å². The van der Waals surface area contributed by atoms with E-state index in [0.29, 0.717) is 17.3 Å². The second-order valence-electron chi connectivity index (χ2n) is 8.88. The number of likely N-dealkylation sites (tertiary alicyclic amines) is 1. The zero-order valence-corrected chi connectivity index (χ0v) is 17.9. The molecule has 2 aromatic heterocycles. The highest BCUT2D eigenvalue weighted by atomic mass is 16.4. The van der Waals surface area contributed by atoms with Gasteiger partial charge in [-0.25, -0.2) is 19.7 Å². The number of nitrogens with one attached hydrogen (secondary N) is 2. The molecule has 158 valence electrons. The molecule has 1 saturated heterocycles. The first-order valence-corrected chi connectivity index (χ1v) is 9.75. The molecule has 9 heteroatoms. The van der Waals surface area contributed by atoms with Crippen molar-refractivity contribution in [1.29, 1.82) is 5.26 Å². The number of nitrogens with zero attached hydrogens (tertiary/aromatic N) is 5. The molecule has 0 bridgehead atoms. The van der Waals surface area contributed by atoms with Crippen LogP contribution in [-0.2, 0) is 0 Å². The molecule has 9 nitrogen and oxygen atoms in total. The van der Waals surface area contributed by atoms with Gasteiger partial charge in [-0.2, -0.15) is 5.26 Å². The molecule has 0 unspecified atom stereocenters. The number of rotatable bonds is 5. The highest BCUT2D eigenvalue weighted by Gasteiger charge is 2.43. The van der Waals surface area contributed by atoms with Gasteiger partial charge < -0.3 is 15.7 Å². The maximum atomic E-state index is 11.7. The van der Waals surface area contributed by atoms with E-state index in [4.69, 9.17) is 5.26 Å². The Kier molecular flexibility index (Phi) is 5.63. The van der Waals surface area contributed by atoms with Crippen LogP contribution in [0.5, 0.6) is 0 Å². The van der Waals surface area contributed by atoms with Gasteiger partial charge in [-0.15, -0.1) is 0 Å². The zero-order chi connectivity index (χ0) is 22.1. The highest BCUT2D eigenvalue weighted by Crippen LogP contribution is 2.38. The molecule has 0 aliphatic carbocycles. The summed E-state index contributed by atoms with van der Waals surface area (Å²) < 4.78 is 0. The minimum absolute atomic E-state index is 0.0327. The van der Waals surface area contributed by atoms with E-state index in [1.165, 1.54) is 18.6 Å². The van der Waals surface area contributed by atoms with Gasteiger partial charge in [-0.05, 0) is 47.6 Å². The molecule has 0 amide bonds. The van der Waals surface area contributed by atoms with Crippen molar-refractivity contribution in [3.63, 3.8) is 0 Å². The summed E-state index contributed by atoms with van der Waals surface area (Å²) in [6, 6.07) is 3.69. The Bertz CT molecular complexity index is 962. The van der Waals surface area contributed by atoms with Crippen molar-refractivity contribution in [3.8, 4) is 6.07 Å². The number of carbonyl (C=O) groups is 1. The fraction of sp³-hybridized carbons (Fsp3) is 0.476. The minimum atomic E-state index is -1.04. The lowest BCUT2D eigenvalue weighted by molar-refractivity contribution is -0.00767. The lowest BCUT2D eigenvalue weighted by atomic mass is 9.77. The molecule has 30 heavy (non-hydrogen) atoms. The van der Waals surface area contributed by atoms with Crippen LogP contribution in [0.25, 0.3) is 0 Å². The molecule has 3 rings (SSSR count). The van der Waals surface area contributed by atoms with Crippen molar-refractivity contribution in [2.24, 2.45) is 0 Å². The molecule has 3 N–H and O–H groups in total. The molecule has 1 aliphatic heterocycles. The fourth-order valence-corrected chi connectivity index (χ4v) is 4.09. The van der Waals surface area contributed by atoms with Crippen LogP contribution in [-0.4, -0.2) is 55.1 Å². The van der Waals surface area contributed by atoms with Crippen molar-refractivity contribution in [3.05, 3.63) is 35.9 Å². The monoisotopic (exact) mass is 409 g/mol. The van der Waals surface area contributed by atoms with Gasteiger partial charge >= 0.3 is 5.97 Å². The second kappa shape index (κ2) is 7.88. The van der Waals surface area contributed by atoms with E-state index in [1.54, 1.807) is 6.07 Å². The van der Waals surface area contributed by atoms with E-state index in [2.05, 4.69) is 65.2 Å². The highest BCUT2D eigenvalue weighted by molar-refractivity contribution is 5.94. The Morgan fingerprint density at radius 1 is 1.13 bits per heavy atom. The van der Waals surface area contributed by atoms with E-state index >= 15 is 0 Å². The maximum absolute atomic E-state index is 11.7. The first-order chi connectivity index (χ1) is 14.0. The fourth-order valence-electron chi connectivity index (χ4n) is 4.09. The number of hydrogen-bond acceptors (Lipinski definition) is 8. The van der Waals surface area contributed by atoms with Gasteiger partial charge in [0.1, 0.15) is 23.3 Å². The van der Waals surface area contributed by atoms with Gasteiger partial charge in [-0.1, -0.05) is 0 Å². The van der Waals surface area contributed by atoms with Crippen LogP contribution in [0, 0.1) is 11.3 Å². The molecule has 2 aromatic rings. The van der Waals surface area contributed by atoms with Crippen molar-refractivity contribution >= 4 is 23.3 Å². The first kappa shape index (κ1) is 21.5. The Balaban J connectivity index is 1.86. The summed E-state index contributed by atoms with van der Waals surface area (Å²) in [6.07, 6.45) is 5.86. The van der Waals surface area contributed by atoms with Crippen LogP contribution in [0.2, 0.25) is 0 Å². The Hall–Kier alpha value is -3.25. The van der Waals surface area contributed by atoms with E-state index in [9.17, 15) is 9.90 Å². The molecular weight excluding hydrogens is 382 g/mol. The van der Waals surface area contributed by atoms with Gasteiger partial charge in [-0.3, -0.25) is 4.90 Å². The molecule has 0 spiro atoms. The van der Waals surface area contributed by atoms with E-state index in [1.807, 2.05) is 6.07 Å². The van der Waals surface area contributed by atoms with E-state index in [-0.39, 0.29) is 28.4 Å². The number of anilines is 3. The number of pyridine rings is 1. The molecule has 1 aliphatic rings. The smallest absolute Gasteiger partial charge is 0.339 e. The Morgan fingerprint density at radius 2 is 1.77 bits per heavy atom. The molecule has 0 aromatic carbocycles.